The molecule has 0 spiro atoms. The maximum absolute atomic E-state index is 5.88. The fraction of sp³-hybridized carbons (Fsp3) is 0.0833. The van der Waals surface area contributed by atoms with Gasteiger partial charge in [-0.15, -0.1) is 0 Å². The highest BCUT2D eigenvalue weighted by Gasteiger charge is 2.08. The molecule has 94 valence electrons. The van der Waals surface area contributed by atoms with Crippen LogP contribution in [0.25, 0.3) is 0 Å². The molecular formula is C12H9Br2ClN2O. The van der Waals surface area contributed by atoms with Crippen molar-refractivity contribution in [2.45, 2.75) is 6.61 Å². The van der Waals surface area contributed by atoms with Crippen molar-refractivity contribution in [2.24, 2.45) is 0 Å². The fourth-order valence-electron chi connectivity index (χ4n) is 1.42. The normalized spacial score (nSPS) is 10.4. The lowest BCUT2D eigenvalue weighted by Gasteiger charge is -2.11. The van der Waals surface area contributed by atoms with Gasteiger partial charge in [-0.25, -0.2) is 0 Å². The summed E-state index contributed by atoms with van der Waals surface area (Å²) in [4.78, 5) is 4.06. The summed E-state index contributed by atoms with van der Waals surface area (Å²) in [6.45, 7) is 0.386. The van der Waals surface area contributed by atoms with Crippen molar-refractivity contribution in [3.8, 4) is 5.75 Å². The molecule has 0 saturated heterocycles. The highest BCUT2D eigenvalue weighted by atomic mass is 79.9. The Morgan fingerprint density at radius 1 is 1.22 bits per heavy atom. The number of anilines is 1. The Balaban J connectivity index is 2.16. The van der Waals surface area contributed by atoms with Gasteiger partial charge in [0.05, 0.1) is 10.2 Å². The number of benzene rings is 1. The Morgan fingerprint density at radius 2 is 2.00 bits per heavy atom. The highest BCUT2D eigenvalue weighted by molar-refractivity contribution is 9.10. The maximum atomic E-state index is 5.88. The van der Waals surface area contributed by atoms with Crippen LogP contribution >= 0.6 is 43.5 Å². The third-order valence-electron chi connectivity index (χ3n) is 2.18. The predicted molar refractivity (Wildman–Crippen MR) is 79.8 cm³/mol. The largest absolute Gasteiger partial charge is 0.485 e. The minimum absolute atomic E-state index is 0.386. The smallest absolute Gasteiger partial charge is 0.156 e. The Labute approximate surface area is 127 Å². The van der Waals surface area contributed by atoms with Gasteiger partial charge in [0.1, 0.15) is 6.61 Å². The number of nitrogen functional groups attached to an aromatic ring is 1. The number of ether oxygens (including phenoxy) is 1. The number of rotatable bonds is 3. The van der Waals surface area contributed by atoms with E-state index in [2.05, 4.69) is 36.8 Å². The molecule has 18 heavy (non-hydrogen) atoms. The number of hydrogen-bond donors (Lipinski definition) is 1. The van der Waals surface area contributed by atoms with E-state index < -0.39 is 0 Å². The Morgan fingerprint density at radius 3 is 2.67 bits per heavy atom. The summed E-state index contributed by atoms with van der Waals surface area (Å²) in [6.07, 6.45) is 3.46. The summed E-state index contributed by atoms with van der Waals surface area (Å²) in [6, 6.07) is 5.33. The van der Waals surface area contributed by atoms with Crippen molar-refractivity contribution < 1.29 is 4.74 Å². The lowest BCUT2D eigenvalue weighted by atomic mass is 10.3. The van der Waals surface area contributed by atoms with Crippen LogP contribution in [0.5, 0.6) is 5.75 Å². The van der Waals surface area contributed by atoms with Crippen LogP contribution < -0.4 is 10.5 Å². The summed E-state index contributed by atoms with van der Waals surface area (Å²) >= 11 is 12.6. The minimum atomic E-state index is 0.386. The molecule has 6 heteroatoms. The van der Waals surface area contributed by atoms with Crippen LogP contribution in [-0.4, -0.2) is 4.98 Å². The molecule has 0 aliphatic heterocycles. The van der Waals surface area contributed by atoms with E-state index in [0.717, 1.165) is 14.5 Å². The molecule has 0 amide bonds. The van der Waals surface area contributed by atoms with Crippen molar-refractivity contribution in [3.63, 3.8) is 0 Å². The molecule has 0 bridgehead atoms. The van der Waals surface area contributed by atoms with Crippen molar-refractivity contribution in [3.05, 3.63) is 50.1 Å². The van der Waals surface area contributed by atoms with E-state index in [9.17, 15) is 0 Å². The number of nitrogens with zero attached hydrogens (tertiary/aromatic N) is 1. The quantitative estimate of drug-likeness (QED) is 0.787. The maximum Gasteiger partial charge on any atom is 0.156 e. The van der Waals surface area contributed by atoms with Gasteiger partial charge in [-0.1, -0.05) is 11.6 Å². The molecule has 2 N–H and O–H groups in total. The van der Waals surface area contributed by atoms with Gasteiger partial charge in [-0.05, 0) is 50.1 Å². The molecule has 2 rings (SSSR count). The molecule has 0 fully saturated rings. The lowest BCUT2D eigenvalue weighted by Crippen LogP contribution is -2.00. The van der Waals surface area contributed by atoms with Gasteiger partial charge >= 0.3 is 0 Å². The number of nitrogens with two attached hydrogens (primary N) is 1. The number of aromatic nitrogens is 1. The van der Waals surface area contributed by atoms with E-state index in [1.807, 2.05) is 6.07 Å². The van der Waals surface area contributed by atoms with Crippen LogP contribution in [-0.2, 0) is 6.61 Å². The Bertz CT molecular complexity index is 555. The first-order valence-corrected chi connectivity index (χ1v) is 6.99. The van der Waals surface area contributed by atoms with Crippen LogP contribution in [0.2, 0.25) is 5.02 Å². The van der Waals surface area contributed by atoms with Gasteiger partial charge in [-0.2, -0.15) is 0 Å². The zero-order valence-corrected chi connectivity index (χ0v) is 13.1. The summed E-state index contributed by atoms with van der Waals surface area (Å²) in [5, 5.41) is 0.566. The number of pyridine rings is 1. The first kappa shape index (κ1) is 13.6. The van der Waals surface area contributed by atoms with Gasteiger partial charge in [0.25, 0.3) is 0 Å². The number of halogens is 3. The molecule has 0 saturated carbocycles. The lowest BCUT2D eigenvalue weighted by molar-refractivity contribution is 0.305. The Kier molecular flexibility index (Phi) is 4.48. The third kappa shape index (κ3) is 3.37. The highest BCUT2D eigenvalue weighted by Crippen LogP contribution is 2.35. The summed E-state index contributed by atoms with van der Waals surface area (Å²) in [5.41, 5.74) is 7.30. The predicted octanol–water partition coefficient (Wildman–Crippen LogP) is 4.42. The van der Waals surface area contributed by atoms with Crippen LogP contribution in [0.4, 0.5) is 5.69 Å². The van der Waals surface area contributed by atoms with Crippen molar-refractivity contribution in [1.82, 2.24) is 4.98 Å². The minimum Gasteiger partial charge on any atom is -0.485 e. The fourth-order valence-corrected chi connectivity index (χ4v) is 2.78. The molecular weight excluding hydrogens is 383 g/mol. The van der Waals surface area contributed by atoms with Crippen molar-refractivity contribution >= 4 is 49.1 Å². The zero-order chi connectivity index (χ0) is 13.1. The van der Waals surface area contributed by atoms with Gasteiger partial charge in [0, 0.05) is 27.5 Å². The van der Waals surface area contributed by atoms with E-state index in [4.69, 9.17) is 22.1 Å². The van der Waals surface area contributed by atoms with Gasteiger partial charge in [0.2, 0.25) is 0 Å². The molecule has 3 nitrogen and oxygen atoms in total. The molecule has 0 atom stereocenters. The second-order valence-electron chi connectivity index (χ2n) is 3.61. The van der Waals surface area contributed by atoms with Crippen LogP contribution in [0.15, 0.2) is 39.5 Å². The Hall–Kier alpha value is -0.780. The van der Waals surface area contributed by atoms with Crippen molar-refractivity contribution in [2.75, 3.05) is 5.73 Å². The molecule has 1 aromatic heterocycles. The number of hydrogen-bond acceptors (Lipinski definition) is 3. The van der Waals surface area contributed by atoms with E-state index in [0.29, 0.717) is 23.1 Å². The standard InChI is InChI=1S/C12H9Br2ClN2O/c13-8-1-7(4-17-5-8)6-18-12-10(14)2-9(15)3-11(12)16/h1-5H,6,16H2. The van der Waals surface area contributed by atoms with Crippen LogP contribution in [0.1, 0.15) is 5.56 Å². The second-order valence-corrected chi connectivity index (χ2v) is 5.81. The van der Waals surface area contributed by atoms with Crippen LogP contribution in [0.3, 0.4) is 0 Å². The summed E-state index contributed by atoms with van der Waals surface area (Å²) < 4.78 is 7.31. The van der Waals surface area contributed by atoms with Gasteiger partial charge < -0.3 is 10.5 Å². The molecule has 0 aliphatic rings. The molecule has 2 aromatic rings. The summed E-state index contributed by atoms with van der Waals surface area (Å²) in [7, 11) is 0. The molecule has 1 heterocycles. The van der Waals surface area contributed by atoms with E-state index in [1.54, 1.807) is 24.5 Å². The second kappa shape index (κ2) is 5.91. The van der Waals surface area contributed by atoms with E-state index >= 15 is 0 Å². The zero-order valence-electron chi connectivity index (χ0n) is 9.16. The topological polar surface area (TPSA) is 48.1 Å². The molecule has 0 aliphatic carbocycles. The van der Waals surface area contributed by atoms with E-state index in [-0.39, 0.29) is 0 Å². The molecule has 1 aromatic carbocycles. The summed E-state index contributed by atoms with van der Waals surface area (Å²) in [5.74, 6) is 0.583. The van der Waals surface area contributed by atoms with Gasteiger partial charge in [0.15, 0.2) is 5.75 Å². The average molecular weight is 392 g/mol. The van der Waals surface area contributed by atoms with Crippen molar-refractivity contribution in [1.29, 1.82) is 0 Å². The van der Waals surface area contributed by atoms with Crippen LogP contribution in [0, 0.1) is 0 Å². The first-order valence-electron chi connectivity index (χ1n) is 5.03. The SMILES string of the molecule is Nc1cc(Cl)cc(Br)c1OCc1cncc(Br)c1. The monoisotopic (exact) mass is 390 g/mol. The van der Waals surface area contributed by atoms with Gasteiger partial charge in [-0.3, -0.25) is 4.98 Å². The third-order valence-corrected chi connectivity index (χ3v) is 3.42. The average Bonchev–Trinajstić information content (AvgIpc) is 2.27. The first-order chi connectivity index (χ1) is 8.56. The molecule has 0 radical (unpaired) electrons. The molecule has 0 unspecified atom stereocenters. The van der Waals surface area contributed by atoms with E-state index in [1.165, 1.54) is 0 Å².